The molecule has 28 heteroatoms. The van der Waals surface area contributed by atoms with E-state index in [1.165, 1.54) is 4.74 Å². The molecule has 3 unspecified atom stereocenters. The van der Waals surface area contributed by atoms with Crippen LogP contribution >= 0.6 is 0 Å². The van der Waals surface area contributed by atoms with E-state index < -0.39 is 82.5 Å². The van der Waals surface area contributed by atoms with Crippen LogP contribution in [0.15, 0.2) is 0 Å². The molecule has 0 saturated carbocycles. The van der Waals surface area contributed by atoms with Crippen molar-refractivity contribution in [3.63, 3.8) is 0 Å². The maximum Gasteiger partial charge on any atom is 1.00 e. The van der Waals surface area contributed by atoms with Crippen LogP contribution in [-0.2, 0) is 28.9 Å². The molecule has 0 aromatic rings. The predicted octanol–water partition coefficient (Wildman–Crippen LogP) is 1.44. The minimum Gasteiger partial charge on any atom is -0.726 e. The Morgan fingerprint density at radius 2 is 1.15 bits per heavy atom. The molecule has 0 N–H and O–H groups in total. The van der Waals surface area contributed by atoms with Crippen LogP contribution in [0, 0.1) is 0 Å². The summed E-state index contributed by atoms with van der Waals surface area (Å²) in [5, 5.41) is -2.37. The molecule has 0 aromatic heterocycles. The Morgan fingerprint density at radius 3 is 1.45 bits per heavy atom. The minimum atomic E-state index is -8.30. The van der Waals surface area contributed by atoms with Gasteiger partial charge in [0.15, 0.2) is 0 Å². The Bertz CT molecular complexity index is 1000. The molecule has 0 radical (unpaired) electrons. The van der Waals surface area contributed by atoms with Crippen LogP contribution in [0.2, 0.25) is 0 Å². The average molecular weight is 673 g/mol. The van der Waals surface area contributed by atoms with Crippen LogP contribution in [0.5, 0.6) is 0 Å². The summed E-state index contributed by atoms with van der Waals surface area (Å²) in [5.41, 5.74) is 0. The van der Waals surface area contributed by atoms with Crippen molar-refractivity contribution >= 4 is 16.3 Å². The van der Waals surface area contributed by atoms with Crippen molar-refractivity contribution in [3.05, 3.63) is 0 Å². The Kier molecular flexibility index (Phi) is 12.3. The van der Waals surface area contributed by atoms with Crippen molar-refractivity contribution in [1.29, 1.82) is 0 Å². The zero-order valence-electron chi connectivity index (χ0n) is 18.3. The van der Waals surface area contributed by atoms with Gasteiger partial charge in [-0.2, -0.15) is 79.8 Å². The Morgan fingerprint density at radius 1 is 0.750 bits per heavy atom. The van der Waals surface area contributed by atoms with Gasteiger partial charge in [0.25, 0.3) is 0 Å². The summed E-state index contributed by atoms with van der Waals surface area (Å²) < 4.78 is 272. The summed E-state index contributed by atoms with van der Waals surface area (Å²) in [6, 6.07) is -3.00. The quantitative estimate of drug-likeness (QED) is 0.108. The molecule has 8 nitrogen and oxygen atoms in total. The van der Waals surface area contributed by atoms with Gasteiger partial charge < -0.3 is 4.55 Å². The minimum absolute atomic E-state index is 0. The molecule has 0 spiro atoms. The van der Waals surface area contributed by atoms with E-state index >= 15 is 0 Å². The predicted molar refractivity (Wildman–Crippen MR) is 75.9 cm³/mol. The van der Waals surface area contributed by atoms with Gasteiger partial charge in [-0.1, -0.05) is 4.48 Å². The van der Waals surface area contributed by atoms with Crippen LogP contribution in [0.1, 0.15) is 6.92 Å². The third-order valence-electron chi connectivity index (χ3n) is 3.67. The number of halogens is 18. The van der Waals surface area contributed by atoms with Gasteiger partial charge in [0.1, 0.15) is 0 Å². The zero-order chi connectivity index (χ0) is 32.1. The number of ether oxygens (including phenoxy) is 2. The standard InChI is InChI=1S/C12H7F18NO7S.Na/c1-3(2-36-39(33,34)35)31(30)4(32)5(13,8(17,18)19)37-12(28,29)7(16,10(23,24)25)38-11(26,27)6(14,15)9(20,21)22;/h3H,2H2,1H3,(H,33,34,35);/q;+1/p-1. The average Bonchev–Trinajstić information content (AvgIpc) is 2.66. The molecular formula is C12H6F18NNaO7S. The second-order valence-corrected chi connectivity index (χ2v) is 7.71. The molecule has 3 atom stereocenters. The van der Waals surface area contributed by atoms with E-state index in [1.807, 2.05) is 0 Å². The number of rotatable bonds is 11. The van der Waals surface area contributed by atoms with Gasteiger partial charge in [-0.15, -0.1) is 0 Å². The molecule has 1 amide bonds. The number of alkyl halides is 17. The van der Waals surface area contributed by atoms with Crippen LogP contribution in [0.4, 0.5) is 79.1 Å². The molecule has 0 bridgehead atoms. The number of hydrogen-bond donors (Lipinski definition) is 0. The van der Waals surface area contributed by atoms with E-state index in [9.17, 15) is 96.9 Å². The number of carbonyl (C=O) groups excluding carboxylic acids is 1. The molecule has 0 heterocycles. The third kappa shape index (κ3) is 8.30. The molecule has 0 aliphatic carbocycles. The molecule has 0 fully saturated rings. The van der Waals surface area contributed by atoms with Crippen LogP contribution in [-0.4, -0.2) is 85.0 Å². The van der Waals surface area contributed by atoms with Gasteiger partial charge >= 0.3 is 83.8 Å². The largest absolute Gasteiger partial charge is 1.00 e. The summed E-state index contributed by atoms with van der Waals surface area (Å²) >= 11 is 0. The maximum atomic E-state index is 14.3. The third-order valence-corrected chi connectivity index (χ3v) is 4.10. The topological polar surface area (TPSA) is 105 Å². The van der Waals surface area contributed by atoms with Gasteiger partial charge in [0.05, 0.1) is 12.6 Å². The second kappa shape index (κ2) is 11.9. The van der Waals surface area contributed by atoms with Crippen LogP contribution in [0.25, 0.3) is 0 Å². The Balaban J connectivity index is 0. The molecule has 0 rings (SSSR count). The van der Waals surface area contributed by atoms with Crippen LogP contribution in [0.3, 0.4) is 0 Å². The second-order valence-electron chi connectivity index (χ2n) is 6.65. The first-order chi connectivity index (χ1) is 16.6. The monoisotopic (exact) mass is 673 g/mol. The number of carbonyl (C=O) groups is 1. The van der Waals surface area contributed by atoms with Gasteiger partial charge in [0.2, 0.25) is 10.4 Å². The van der Waals surface area contributed by atoms with Gasteiger partial charge in [-0.25, -0.2) is 8.42 Å². The summed E-state index contributed by atoms with van der Waals surface area (Å²) in [7, 11) is -5.87. The first kappa shape index (κ1) is 41.1. The van der Waals surface area contributed by atoms with Crippen LogP contribution < -0.4 is 29.6 Å². The summed E-state index contributed by atoms with van der Waals surface area (Å²) in [6.07, 6.45) is -39.8. The van der Waals surface area contributed by atoms with E-state index in [0.29, 0.717) is 0 Å². The SMILES string of the molecule is CC(COS(=O)(=O)[O-])N(F)C(=O)C(F)(OC(F)(F)C(F)(OC(F)(F)C(F)(F)C(F)(F)F)C(F)(F)F)C(F)(F)F.[Na+]. The molecule has 0 saturated heterocycles. The summed E-state index contributed by atoms with van der Waals surface area (Å²) in [5.74, 6) is -28.0. The van der Waals surface area contributed by atoms with Gasteiger partial charge in [-0.3, -0.25) is 18.5 Å². The fourth-order valence-corrected chi connectivity index (χ4v) is 2.10. The van der Waals surface area contributed by atoms with E-state index in [-0.39, 0.29) is 36.5 Å². The molecule has 0 aliphatic rings. The smallest absolute Gasteiger partial charge is 0.726 e. The Hall–Kier alpha value is -1.00. The zero-order valence-corrected chi connectivity index (χ0v) is 21.1. The van der Waals surface area contributed by atoms with Crippen molar-refractivity contribution in [2.75, 3.05) is 6.61 Å². The van der Waals surface area contributed by atoms with E-state index in [2.05, 4.69) is 4.18 Å². The van der Waals surface area contributed by atoms with Crippen molar-refractivity contribution in [3.8, 4) is 0 Å². The molecular weight excluding hydrogens is 667 g/mol. The fourth-order valence-electron chi connectivity index (χ4n) is 1.74. The van der Waals surface area contributed by atoms with E-state index in [4.69, 9.17) is 0 Å². The number of nitrogens with zero attached hydrogens (tertiary/aromatic N) is 1. The van der Waals surface area contributed by atoms with Crippen molar-refractivity contribution in [2.45, 2.75) is 61.3 Å². The van der Waals surface area contributed by atoms with Gasteiger partial charge in [-0.05, 0) is 6.92 Å². The van der Waals surface area contributed by atoms with E-state index in [0.717, 1.165) is 0 Å². The molecule has 0 aromatic carbocycles. The molecule has 234 valence electrons. The van der Waals surface area contributed by atoms with Crippen molar-refractivity contribution in [2.24, 2.45) is 0 Å². The first-order valence-corrected chi connectivity index (χ1v) is 9.66. The summed E-state index contributed by atoms with van der Waals surface area (Å²) in [4.78, 5) is 11.5. The van der Waals surface area contributed by atoms with Gasteiger partial charge in [0, 0.05) is 0 Å². The fraction of sp³-hybridized carbons (Fsp3) is 0.917. The van der Waals surface area contributed by atoms with Crippen molar-refractivity contribution < 1.29 is 140 Å². The normalized spacial score (nSPS) is 18.3. The molecule has 0 aliphatic heterocycles. The number of hydrogen-bond acceptors (Lipinski definition) is 7. The first-order valence-electron chi connectivity index (χ1n) is 8.33. The van der Waals surface area contributed by atoms with Crippen molar-refractivity contribution in [1.82, 2.24) is 5.12 Å². The maximum absolute atomic E-state index is 14.3. The number of amides is 1. The Labute approximate surface area is 229 Å². The summed E-state index contributed by atoms with van der Waals surface area (Å²) in [6.45, 7) is -2.11. The van der Waals surface area contributed by atoms with E-state index in [1.54, 1.807) is 4.74 Å². The molecule has 40 heavy (non-hydrogen) atoms.